The zero-order chi connectivity index (χ0) is 18.6. The molecule has 1 aromatic carbocycles. The van der Waals surface area contributed by atoms with Crippen molar-refractivity contribution in [1.82, 2.24) is 14.9 Å². The number of hydrogen-bond acceptors (Lipinski definition) is 5. The van der Waals surface area contributed by atoms with E-state index in [1.807, 2.05) is 49.5 Å². The zero-order valence-corrected chi connectivity index (χ0v) is 15.4. The van der Waals surface area contributed by atoms with E-state index in [4.69, 9.17) is 9.47 Å². The molecular weight excluding hydrogens is 342 g/mol. The summed E-state index contributed by atoms with van der Waals surface area (Å²) in [6, 6.07) is 11.9. The van der Waals surface area contributed by atoms with Crippen molar-refractivity contribution in [2.75, 3.05) is 32.9 Å². The number of aromatic nitrogens is 2. The molecule has 27 heavy (non-hydrogen) atoms. The van der Waals surface area contributed by atoms with E-state index in [0.717, 1.165) is 60.6 Å². The Balaban J connectivity index is 1.66. The van der Waals surface area contributed by atoms with Crippen LogP contribution in [0, 0.1) is 0 Å². The standard InChI is InChI=1S/C21H23N3O3/c1-2-27-21(25)20-19(17-5-3-4-6-18(17)23-20)15-7-8-16(22-13-15)14-24-9-11-26-12-10-24/h3-8,13,23H,2,9-12,14H2,1H3. The fraction of sp³-hybridized carbons (Fsp3) is 0.333. The van der Waals surface area contributed by atoms with Gasteiger partial charge in [-0.2, -0.15) is 0 Å². The third-order valence-corrected chi connectivity index (χ3v) is 4.79. The molecule has 2 aromatic heterocycles. The number of H-pyrrole nitrogens is 1. The van der Waals surface area contributed by atoms with Crippen molar-refractivity contribution in [2.45, 2.75) is 13.5 Å². The van der Waals surface area contributed by atoms with E-state index >= 15 is 0 Å². The second-order valence-corrected chi connectivity index (χ2v) is 6.57. The first-order chi connectivity index (χ1) is 13.3. The van der Waals surface area contributed by atoms with Crippen LogP contribution in [0.15, 0.2) is 42.6 Å². The molecule has 0 unspecified atom stereocenters. The van der Waals surface area contributed by atoms with Crippen molar-refractivity contribution >= 4 is 16.9 Å². The molecule has 0 radical (unpaired) electrons. The van der Waals surface area contributed by atoms with Crippen LogP contribution in [-0.4, -0.2) is 53.7 Å². The van der Waals surface area contributed by atoms with Crippen LogP contribution in [0.25, 0.3) is 22.0 Å². The number of nitrogens with zero attached hydrogens (tertiary/aromatic N) is 2. The first-order valence-electron chi connectivity index (χ1n) is 9.29. The average molecular weight is 365 g/mol. The largest absolute Gasteiger partial charge is 0.461 e. The summed E-state index contributed by atoms with van der Waals surface area (Å²) in [7, 11) is 0. The van der Waals surface area contributed by atoms with E-state index in [1.54, 1.807) is 0 Å². The number of benzene rings is 1. The highest BCUT2D eigenvalue weighted by molar-refractivity contribution is 6.07. The highest BCUT2D eigenvalue weighted by atomic mass is 16.5. The summed E-state index contributed by atoms with van der Waals surface area (Å²) in [5.74, 6) is -0.346. The number of morpholine rings is 1. The van der Waals surface area contributed by atoms with Crippen LogP contribution in [0.1, 0.15) is 23.1 Å². The van der Waals surface area contributed by atoms with E-state index in [9.17, 15) is 4.79 Å². The number of esters is 1. The number of nitrogens with one attached hydrogen (secondary N) is 1. The fourth-order valence-corrected chi connectivity index (χ4v) is 3.45. The van der Waals surface area contributed by atoms with Gasteiger partial charge in [-0.15, -0.1) is 0 Å². The van der Waals surface area contributed by atoms with Crippen molar-refractivity contribution in [3.05, 3.63) is 54.0 Å². The van der Waals surface area contributed by atoms with Crippen molar-refractivity contribution in [2.24, 2.45) is 0 Å². The monoisotopic (exact) mass is 365 g/mol. The molecule has 3 heterocycles. The van der Waals surface area contributed by atoms with E-state index < -0.39 is 0 Å². The molecule has 1 aliphatic heterocycles. The van der Waals surface area contributed by atoms with E-state index in [0.29, 0.717) is 12.3 Å². The minimum Gasteiger partial charge on any atom is -0.461 e. The van der Waals surface area contributed by atoms with Gasteiger partial charge in [-0.05, 0) is 19.1 Å². The fourth-order valence-electron chi connectivity index (χ4n) is 3.45. The van der Waals surface area contributed by atoms with Gasteiger partial charge in [0.1, 0.15) is 5.69 Å². The van der Waals surface area contributed by atoms with Gasteiger partial charge in [0.15, 0.2) is 0 Å². The molecule has 140 valence electrons. The molecular formula is C21H23N3O3. The minimum atomic E-state index is -0.346. The maximum Gasteiger partial charge on any atom is 0.355 e. The normalized spacial score (nSPS) is 15.1. The van der Waals surface area contributed by atoms with Crippen molar-refractivity contribution in [3.8, 4) is 11.1 Å². The Labute approximate surface area is 158 Å². The van der Waals surface area contributed by atoms with Gasteiger partial charge in [0.25, 0.3) is 0 Å². The predicted octanol–water partition coefficient (Wildman–Crippen LogP) is 3.24. The Hall–Kier alpha value is -2.70. The first-order valence-corrected chi connectivity index (χ1v) is 9.29. The number of rotatable bonds is 5. The lowest BCUT2D eigenvalue weighted by Crippen LogP contribution is -2.35. The molecule has 6 heteroatoms. The Morgan fingerprint density at radius 3 is 2.78 bits per heavy atom. The van der Waals surface area contributed by atoms with Crippen molar-refractivity contribution < 1.29 is 14.3 Å². The SMILES string of the molecule is CCOC(=O)c1[nH]c2ccccc2c1-c1ccc(CN2CCOCC2)nc1. The number of fused-ring (bicyclic) bond motifs is 1. The molecule has 4 rings (SSSR count). The summed E-state index contributed by atoms with van der Waals surface area (Å²) in [4.78, 5) is 22.6. The summed E-state index contributed by atoms with van der Waals surface area (Å²) < 4.78 is 10.6. The van der Waals surface area contributed by atoms with Crippen LogP contribution >= 0.6 is 0 Å². The summed E-state index contributed by atoms with van der Waals surface area (Å²) >= 11 is 0. The smallest absolute Gasteiger partial charge is 0.355 e. The Morgan fingerprint density at radius 1 is 1.22 bits per heavy atom. The van der Waals surface area contributed by atoms with Crippen LogP contribution < -0.4 is 0 Å². The molecule has 0 atom stereocenters. The van der Waals surface area contributed by atoms with Gasteiger partial charge in [0.05, 0.1) is 25.5 Å². The molecule has 1 N–H and O–H groups in total. The molecule has 3 aromatic rings. The lowest BCUT2D eigenvalue weighted by atomic mass is 10.0. The molecule has 1 fully saturated rings. The predicted molar refractivity (Wildman–Crippen MR) is 104 cm³/mol. The second kappa shape index (κ2) is 7.90. The van der Waals surface area contributed by atoms with Crippen LogP contribution in [0.5, 0.6) is 0 Å². The summed E-state index contributed by atoms with van der Waals surface area (Å²) in [6.07, 6.45) is 1.84. The van der Waals surface area contributed by atoms with Gasteiger partial charge >= 0.3 is 5.97 Å². The van der Waals surface area contributed by atoms with Gasteiger partial charge in [0, 0.05) is 47.9 Å². The van der Waals surface area contributed by atoms with Gasteiger partial charge in [-0.25, -0.2) is 4.79 Å². The van der Waals surface area contributed by atoms with Crippen molar-refractivity contribution in [1.29, 1.82) is 0 Å². The van der Waals surface area contributed by atoms with Gasteiger partial charge < -0.3 is 14.5 Å². The first kappa shape index (κ1) is 17.7. The van der Waals surface area contributed by atoms with Gasteiger partial charge in [0.2, 0.25) is 0 Å². The highest BCUT2D eigenvalue weighted by Gasteiger charge is 2.20. The third kappa shape index (κ3) is 3.72. The zero-order valence-electron chi connectivity index (χ0n) is 15.4. The lowest BCUT2D eigenvalue weighted by Gasteiger charge is -2.26. The number of pyridine rings is 1. The molecule has 0 bridgehead atoms. The summed E-state index contributed by atoms with van der Waals surface area (Å²) in [5.41, 5.74) is 4.14. The Bertz CT molecular complexity index is 927. The Kier molecular flexibility index (Phi) is 5.18. The number of aromatic amines is 1. The lowest BCUT2D eigenvalue weighted by molar-refractivity contribution is 0.0336. The second-order valence-electron chi connectivity index (χ2n) is 6.57. The number of hydrogen-bond donors (Lipinski definition) is 1. The molecule has 0 aliphatic carbocycles. The number of carbonyl (C=O) groups is 1. The molecule has 1 aliphatic rings. The summed E-state index contributed by atoms with van der Waals surface area (Å²) in [6.45, 7) is 6.36. The average Bonchev–Trinajstić information content (AvgIpc) is 3.09. The molecule has 0 amide bonds. The quantitative estimate of drug-likeness (QED) is 0.703. The van der Waals surface area contributed by atoms with Crippen LogP contribution in [0.3, 0.4) is 0 Å². The highest BCUT2D eigenvalue weighted by Crippen LogP contribution is 2.32. The molecule has 1 saturated heterocycles. The van der Waals surface area contributed by atoms with Gasteiger partial charge in [-0.1, -0.05) is 24.3 Å². The van der Waals surface area contributed by atoms with Crippen LogP contribution in [-0.2, 0) is 16.0 Å². The molecule has 6 nitrogen and oxygen atoms in total. The maximum atomic E-state index is 12.4. The third-order valence-electron chi connectivity index (χ3n) is 4.79. The van der Waals surface area contributed by atoms with E-state index in [-0.39, 0.29) is 5.97 Å². The van der Waals surface area contributed by atoms with Crippen LogP contribution in [0.2, 0.25) is 0 Å². The Morgan fingerprint density at radius 2 is 2.04 bits per heavy atom. The van der Waals surface area contributed by atoms with Crippen LogP contribution in [0.4, 0.5) is 0 Å². The maximum absolute atomic E-state index is 12.4. The van der Waals surface area contributed by atoms with Crippen molar-refractivity contribution in [3.63, 3.8) is 0 Å². The molecule has 0 saturated carbocycles. The number of para-hydroxylation sites is 1. The number of ether oxygens (including phenoxy) is 2. The van der Waals surface area contributed by atoms with E-state index in [2.05, 4.69) is 14.9 Å². The van der Waals surface area contributed by atoms with Gasteiger partial charge in [-0.3, -0.25) is 9.88 Å². The van der Waals surface area contributed by atoms with E-state index in [1.165, 1.54) is 0 Å². The summed E-state index contributed by atoms with van der Waals surface area (Å²) in [5, 5.41) is 0.989. The number of carbonyl (C=O) groups excluding carboxylic acids is 1. The minimum absolute atomic E-state index is 0.338. The molecule has 0 spiro atoms. The topological polar surface area (TPSA) is 67.5 Å².